The number of fused-ring (bicyclic) bond motifs is 1. The Hall–Kier alpha value is -4.85. The Morgan fingerprint density at radius 2 is 1.66 bits per heavy atom. The summed E-state index contributed by atoms with van der Waals surface area (Å²) in [5.41, 5.74) is -4.81. The zero-order chi connectivity index (χ0) is 37.4. The van der Waals surface area contributed by atoms with Crippen molar-refractivity contribution >= 4 is 62.2 Å². The number of anilines is 1. The van der Waals surface area contributed by atoms with Crippen LogP contribution in [0.4, 0.5) is 5.69 Å². The van der Waals surface area contributed by atoms with Gasteiger partial charge in [0.25, 0.3) is 0 Å². The van der Waals surface area contributed by atoms with Crippen molar-refractivity contribution in [3.8, 4) is 0 Å². The minimum atomic E-state index is -3.99. The van der Waals surface area contributed by atoms with Gasteiger partial charge >= 0.3 is 23.9 Å². The molecule has 19 heteroatoms. The van der Waals surface area contributed by atoms with Crippen LogP contribution in [-0.4, -0.2) is 126 Å². The molecule has 0 bridgehead atoms. The van der Waals surface area contributed by atoms with Crippen LogP contribution in [0, 0.1) is 0 Å². The number of sulfonamides is 1. The minimum absolute atomic E-state index is 0.0559. The van der Waals surface area contributed by atoms with Crippen LogP contribution in [0.15, 0.2) is 41.3 Å². The second-order valence-electron chi connectivity index (χ2n) is 11.9. The summed E-state index contributed by atoms with van der Waals surface area (Å²) in [6.07, 6.45) is -3.32. The van der Waals surface area contributed by atoms with E-state index in [1.54, 1.807) is 24.3 Å². The van der Waals surface area contributed by atoms with Crippen molar-refractivity contribution in [2.24, 2.45) is 0 Å². The number of hydrogen-bond donors (Lipinski definition) is 7. The molecule has 1 heterocycles. The monoisotopic (exact) mass is 724 g/mol. The molecule has 1 aliphatic heterocycles. The van der Waals surface area contributed by atoms with Crippen LogP contribution in [-0.2, 0) is 43.5 Å². The summed E-state index contributed by atoms with van der Waals surface area (Å²) in [5, 5.41) is 51.9. The Bertz CT molecular complexity index is 1750. The van der Waals surface area contributed by atoms with Crippen molar-refractivity contribution in [1.29, 1.82) is 0 Å². The van der Waals surface area contributed by atoms with E-state index >= 15 is 0 Å². The van der Waals surface area contributed by atoms with Gasteiger partial charge in [-0.05, 0) is 31.4 Å². The Morgan fingerprint density at radius 3 is 2.28 bits per heavy atom. The van der Waals surface area contributed by atoms with E-state index in [0.717, 1.165) is 11.1 Å². The number of benzene rings is 2. The third-order valence-electron chi connectivity index (χ3n) is 8.08. The molecule has 1 fully saturated rings. The van der Waals surface area contributed by atoms with Crippen molar-refractivity contribution in [3.05, 3.63) is 36.4 Å². The molecule has 1 saturated heterocycles. The number of hydrogen-bond acceptors (Lipinski definition) is 12. The zero-order valence-corrected chi connectivity index (χ0v) is 28.1. The molecule has 50 heavy (non-hydrogen) atoms. The third kappa shape index (κ3) is 9.23. The van der Waals surface area contributed by atoms with Gasteiger partial charge in [-0.15, -0.1) is 0 Å². The van der Waals surface area contributed by atoms with Gasteiger partial charge < -0.3 is 40.5 Å². The van der Waals surface area contributed by atoms with Crippen molar-refractivity contribution in [1.82, 2.24) is 14.9 Å². The van der Waals surface area contributed by atoms with E-state index in [1.807, 2.05) is 25.1 Å². The molecule has 2 aromatic rings. The SMILES string of the molecule is CN(C)c1cccc2c(S(=O)(=O)NCCCC[C@H](C(=O)NCCOC(=O)C[C@@](O)(CC(=O)O)C(=O)O)N3C(=O)CCC3(O)C(=O)O)cccc12. The van der Waals surface area contributed by atoms with Gasteiger partial charge in [-0.25, -0.2) is 22.7 Å². The molecule has 2 aromatic carbocycles. The number of carbonyl (C=O) groups excluding carboxylic acids is 3. The highest BCUT2D eigenvalue weighted by Gasteiger charge is 2.54. The Labute approximate surface area is 286 Å². The van der Waals surface area contributed by atoms with Gasteiger partial charge in [-0.3, -0.25) is 24.1 Å². The quantitative estimate of drug-likeness (QED) is 0.0708. The first-order valence-electron chi connectivity index (χ1n) is 15.4. The standard InChI is InChI=1S/C31H40N4O14S/c1-34(2)21-10-5-8-20-19(21)7-6-11-23(20)50(47,48)33-14-4-3-9-22(35-24(36)12-13-31(35,46)29(43)44)27(40)32-15-16-49-26(39)18-30(45,28(41)42)17-25(37)38/h5-8,10-11,22,33,45-46H,3-4,9,12-18H2,1-2H3,(H,32,40)(H,37,38)(H,41,42)(H,43,44)/t22-,30+,31?/m1/s1. The molecule has 1 unspecified atom stereocenters. The molecule has 274 valence electrons. The molecule has 3 atom stereocenters. The lowest BCUT2D eigenvalue weighted by atomic mass is 9.96. The van der Waals surface area contributed by atoms with E-state index in [1.165, 1.54) is 6.07 Å². The van der Waals surface area contributed by atoms with E-state index in [4.69, 9.17) is 14.9 Å². The molecule has 0 saturated carbocycles. The molecule has 2 amide bonds. The first-order valence-corrected chi connectivity index (χ1v) is 16.9. The van der Waals surface area contributed by atoms with Gasteiger partial charge in [0, 0.05) is 49.9 Å². The fourth-order valence-electron chi connectivity index (χ4n) is 5.59. The van der Waals surface area contributed by atoms with E-state index in [9.17, 15) is 52.5 Å². The Kier molecular flexibility index (Phi) is 12.9. The van der Waals surface area contributed by atoms with Crippen LogP contribution in [0.5, 0.6) is 0 Å². The number of ether oxygens (including phenoxy) is 1. The number of carboxylic acids is 3. The van der Waals surface area contributed by atoms with Gasteiger partial charge in [0.05, 0.1) is 24.3 Å². The maximum Gasteiger partial charge on any atom is 0.357 e. The molecular weight excluding hydrogens is 684 g/mol. The van der Waals surface area contributed by atoms with Crippen molar-refractivity contribution in [2.45, 2.75) is 67.2 Å². The highest BCUT2D eigenvalue weighted by Crippen LogP contribution is 2.33. The summed E-state index contributed by atoms with van der Waals surface area (Å²) in [5.74, 6) is -8.45. The predicted octanol–water partition coefficient (Wildman–Crippen LogP) is -0.541. The van der Waals surface area contributed by atoms with Gasteiger partial charge in [-0.1, -0.05) is 24.3 Å². The van der Waals surface area contributed by atoms with Crippen LogP contribution in [0.25, 0.3) is 10.8 Å². The number of carbonyl (C=O) groups is 6. The number of nitrogens with one attached hydrogen (secondary N) is 2. The topological polar surface area (TPSA) is 277 Å². The molecule has 0 spiro atoms. The number of esters is 1. The summed E-state index contributed by atoms with van der Waals surface area (Å²) in [4.78, 5) is 74.5. The van der Waals surface area contributed by atoms with Gasteiger partial charge in [0.2, 0.25) is 27.6 Å². The van der Waals surface area contributed by atoms with Crippen LogP contribution in [0.3, 0.4) is 0 Å². The smallest absolute Gasteiger partial charge is 0.357 e. The van der Waals surface area contributed by atoms with Gasteiger partial charge in [0.1, 0.15) is 12.6 Å². The lowest BCUT2D eigenvalue weighted by Gasteiger charge is -2.35. The number of aliphatic carboxylic acids is 3. The summed E-state index contributed by atoms with van der Waals surface area (Å²) < 4.78 is 33.8. The lowest BCUT2D eigenvalue weighted by molar-refractivity contribution is -0.186. The number of carboxylic acid groups (broad SMARTS) is 3. The fraction of sp³-hybridized carbons (Fsp3) is 0.484. The van der Waals surface area contributed by atoms with Crippen LogP contribution in [0.2, 0.25) is 0 Å². The maximum absolute atomic E-state index is 13.3. The second-order valence-corrected chi connectivity index (χ2v) is 13.6. The van der Waals surface area contributed by atoms with Crippen LogP contribution < -0.4 is 14.9 Å². The minimum Gasteiger partial charge on any atom is -0.481 e. The molecule has 0 aliphatic carbocycles. The Balaban J connectivity index is 1.65. The molecule has 18 nitrogen and oxygen atoms in total. The predicted molar refractivity (Wildman–Crippen MR) is 173 cm³/mol. The largest absolute Gasteiger partial charge is 0.481 e. The number of aliphatic hydroxyl groups is 2. The van der Waals surface area contributed by atoms with E-state index in [2.05, 4.69) is 10.0 Å². The highest BCUT2D eigenvalue weighted by atomic mass is 32.2. The van der Waals surface area contributed by atoms with E-state index in [0.29, 0.717) is 10.3 Å². The van der Waals surface area contributed by atoms with Crippen LogP contribution in [0.1, 0.15) is 44.9 Å². The van der Waals surface area contributed by atoms with Crippen LogP contribution >= 0.6 is 0 Å². The van der Waals surface area contributed by atoms with Crippen molar-refractivity contribution in [3.63, 3.8) is 0 Å². The van der Waals surface area contributed by atoms with Crippen molar-refractivity contribution < 1.29 is 67.5 Å². The lowest BCUT2D eigenvalue weighted by Crippen LogP contribution is -2.60. The van der Waals surface area contributed by atoms with Crippen molar-refractivity contribution in [2.75, 3.05) is 38.7 Å². The average molecular weight is 725 g/mol. The highest BCUT2D eigenvalue weighted by molar-refractivity contribution is 7.89. The third-order valence-corrected chi connectivity index (χ3v) is 9.60. The molecule has 0 radical (unpaired) electrons. The zero-order valence-electron chi connectivity index (χ0n) is 27.3. The molecule has 0 aromatic heterocycles. The van der Waals surface area contributed by atoms with E-state index in [-0.39, 0.29) is 37.1 Å². The average Bonchev–Trinajstić information content (AvgIpc) is 3.34. The first kappa shape index (κ1) is 39.6. The normalized spacial score (nSPS) is 17.9. The van der Waals surface area contributed by atoms with Gasteiger partial charge in [-0.2, -0.15) is 0 Å². The Morgan fingerprint density at radius 1 is 1.00 bits per heavy atom. The summed E-state index contributed by atoms with van der Waals surface area (Å²) >= 11 is 0. The summed E-state index contributed by atoms with van der Waals surface area (Å²) in [6.45, 7) is -1.10. The number of rotatable bonds is 19. The van der Waals surface area contributed by atoms with E-state index < -0.39 is 95.5 Å². The first-order chi connectivity index (χ1) is 23.3. The second kappa shape index (κ2) is 16.2. The summed E-state index contributed by atoms with van der Waals surface area (Å²) in [7, 11) is -0.326. The maximum atomic E-state index is 13.3. The number of amides is 2. The van der Waals surface area contributed by atoms with Gasteiger partial charge in [0.15, 0.2) is 5.60 Å². The molecule has 3 rings (SSSR count). The number of nitrogens with zero attached hydrogens (tertiary/aromatic N) is 2. The summed E-state index contributed by atoms with van der Waals surface area (Å²) in [6, 6.07) is 8.65. The number of unbranched alkanes of at least 4 members (excludes halogenated alkanes) is 1. The fourth-order valence-corrected chi connectivity index (χ4v) is 6.89. The molecule has 1 aliphatic rings. The molecule has 7 N–H and O–H groups in total. The molecular formula is C31H40N4O14S. The number of likely N-dealkylation sites (tertiary alicyclic amines) is 1.